The molecule has 0 rings (SSSR count). The Kier molecular flexibility index (Phi) is 188. The van der Waals surface area contributed by atoms with Gasteiger partial charge in [-0.05, 0) is 0 Å². The summed E-state index contributed by atoms with van der Waals surface area (Å²) < 4.78 is 0. The van der Waals surface area contributed by atoms with Gasteiger partial charge in [0, 0.05) is 0 Å². The molecule has 0 fully saturated rings. The Morgan fingerprint density at radius 1 is 0.700 bits per heavy atom. The molecule has 10 heavy (non-hydrogen) atoms. The Labute approximate surface area is 76.6 Å². The van der Waals surface area contributed by atoms with Crippen molar-refractivity contribution in [2.45, 2.75) is 0 Å². The van der Waals surface area contributed by atoms with Crippen molar-refractivity contribution in [2.24, 2.45) is 0 Å². The maximum absolute atomic E-state index is 8.24. The third-order valence-corrected chi connectivity index (χ3v) is 0. The summed E-state index contributed by atoms with van der Waals surface area (Å²) in [5.41, 5.74) is 0. The molecule has 0 aliphatic carbocycles. The van der Waals surface area contributed by atoms with Gasteiger partial charge in [0.1, 0.15) is 0 Å². The van der Waals surface area contributed by atoms with Gasteiger partial charge in [-0.15, -0.1) is 0 Å². The summed E-state index contributed by atoms with van der Waals surface area (Å²) in [6.07, 6.45) is 0. The molecular weight excluding hydrogens is 336 g/mol. The van der Waals surface area contributed by atoms with Crippen LogP contribution in [0.1, 0.15) is 0 Å². The van der Waals surface area contributed by atoms with Gasteiger partial charge in [-0.25, -0.2) is 0 Å². The topological polar surface area (TPSA) is 112 Å². The summed E-state index contributed by atoms with van der Waals surface area (Å²) in [4.78, 5) is 24.7. The standard InChI is InChI=1S/3CHO2.Tl/c3*2-1-3;/h3*(H,2,3);/q3*-1;+3. The first-order valence-electron chi connectivity index (χ1n) is 1.28. The molecule has 0 amide bonds. The van der Waals surface area contributed by atoms with Crippen molar-refractivity contribution < 1.29 is 29.7 Å². The second kappa shape index (κ2) is 82.4. The van der Waals surface area contributed by atoms with Crippen molar-refractivity contribution in [3.63, 3.8) is 0 Å². The van der Waals surface area contributed by atoms with Crippen LogP contribution in [0.3, 0.4) is 0 Å². The maximum atomic E-state index is 8.24. The molecule has 0 spiro atoms. The minimum absolute atomic E-state index is 0. The van der Waals surface area contributed by atoms with Gasteiger partial charge in [-0.3, -0.25) is 0 Å². The van der Waals surface area contributed by atoms with Crippen molar-refractivity contribution >= 4 is 46.7 Å². The molecule has 0 saturated heterocycles. The number of hydrogen-bond acceptors (Lipinski definition) is 3. The van der Waals surface area contributed by atoms with Crippen LogP contribution in [0.5, 0.6) is 0 Å². The molecule has 0 aromatic heterocycles. The van der Waals surface area contributed by atoms with Gasteiger partial charge in [-0.1, -0.05) is 19.4 Å². The van der Waals surface area contributed by atoms with Crippen molar-refractivity contribution in [3.8, 4) is 0 Å². The van der Waals surface area contributed by atoms with Crippen LogP contribution in [0.15, 0.2) is 0 Å². The van der Waals surface area contributed by atoms with E-state index in [0.717, 1.165) is 0 Å². The van der Waals surface area contributed by atoms with Gasteiger partial charge in [0.15, 0.2) is 0 Å². The Balaban J connectivity index is -0.0000000257. The average molecular weight is 339 g/mol. The van der Waals surface area contributed by atoms with E-state index in [0.29, 0.717) is 19.4 Å². The first-order valence-corrected chi connectivity index (χ1v) is 1.28. The molecule has 0 aliphatic rings. The largest absolute Gasteiger partial charge is 3.00 e. The van der Waals surface area contributed by atoms with E-state index in [2.05, 4.69) is 0 Å². The molecular formula is C3H3O6Tl. The summed E-state index contributed by atoms with van der Waals surface area (Å²) in [6.45, 7) is 1.50. The maximum Gasteiger partial charge on any atom is 3.00 e. The average Bonchev–Trinajstić information content (AvgIpc) is 1.70. The van der Waals surface area contributed by atoms with Crippen LogP contribution < -0.4 is 0 Å². The predicted molar refractivity (Wildman–Crippen MR) is 30.7 cm³/mol. The van der Waals surface area contributed by atoms with Crippen LogP contribution in [-0.4, -0.2) is 62.0 Å². The molecule has 0 atom stereocenters. The summed E-state index contributed by atoms with van der Waals surface area (Å²) in [7, 11) is 0. The second-order valence-electron chi connectivity index (χ2n) is 0.274. The van der Waals surface area contributed by atoms with Crippen molar-refractivity contribution in [3.05, 3.63) is 0 Å². The molecule has 0 aromatic rings. The minimum atomic E-state index is 0. The summed E-state index contributed by atoms with van der Waals surface area (Å²) in [5, 5.41) is 20.3. The second-order valence-corrected chi connectivity index (χ2v) is 0.274. The Hall–Kier alpha value is -0.668. The third-order valence-electron chi connectivity index (χ3n) is 0. The molecule has 0 radical (unpaired) electrons. The summed E-state index contributed by atoms with van der Waals surface area (Å²) >= 11 is 0. The van der Waals surface area contributed by atoms with Gasteiger partial charge in [0.2, 0.25) is 0 Å². The first-order chi connectivity index (χ1) is 4.24. The fraction of sp³-hybridized carbons (Fsp3) is 0. The SMILES string of the molecule is O=[C-]O.O=[C-]O.O=[C-]O.[Tl+3]. The molecule has 0 aromatic carbocycles. The molecule has 3 N–H and O–H groups in total. The molecule has 0 heterocycles. The van der Waals surface area contributed by atoms with Gasteiger partial charge in [-0.2, -0.15) is 0 Å². The Morgan fingerprint density at radius 2 is 0.700 bits per heavy atom. The van der Waals surface area contributed by atoms with Gasteiger partial charge in [0.05, 0.1) is 0 Å². The fourth-order valence-corrected chi connectivity index (χ4v) is 0. The van der Waals surface area contributed by atoms with Crippen LogP contribution in [-0.2, 0) is 14.4 Å². The minimum Gasteiger partial charge on any atom is -0.665 e. The van der Waals surface area contributed by atoms with Crippen LogP contribution in [0.2, 0.25) is 0 Å². The zero-order chi connectivity index (χ0) is 8.12. The molecule has 0 aliphatic heterocycles. The molecule has 0 bridgehead atoms. The first kappa shape index (κ1) is 22.8. The molecule has 7 heteroatoms. The van der Waals surface area contributed by atoms with Gasteiger partial charge < -0.3 is 29.7 Å². The van der Waals surface area contributed by atoms with Crippen LogP contribution in [0.25, 0.3) is 0 Å². The molecule has 0 unspecified atom stereocenters. The van der Waals surface area contributed by atoms with Crippen molar-refractivity contribution in [2.75, 3.05) is 0 Å². The van der Waals surface area contributed by atoms with E-state index in [4.69, 9.17) is 29.7 Å². The van der Waals surface area contributed by atoms with Gasteiger partial charge >= 0.3 is 27.3 Å². The smallest absolute Gasteiger partial charge is 0.665 e. The van der Waals surface area contributed by atoms with E-state index < -0.39 is 0 Å². The van der Waals surface area contributed by atoms with E-state index >= 15 is 0 Å². The normalized spacial score (nSPS) is 3.60. The molecule has 0 saturated carbocycles. The van der Waals surface area contributed by atoms with Crippen molar-refractivity contribution in [1.82, 2.24) is 0 Å². The predicted octanol–water partition coefficient (Wildman–Crippen LogP) is -1.55. The monoisotopic (exact) mass is 340 g/mol. The third kappa shape index (κ3) is 659. The summed E-state index contributed by atoms with van der Waals surface area (Å²) in [6, 6.07) is 0. The quantitative estimate of drug-likeness (QED) is 0.364. The molecule has 6 nitrogen and oxygen atoms in total. The van der Waals surface area contributed by atoms with E-state index in [1.165, 1.54) is 0 Å². The van der Waals surface area contributed by atoms with Gasteiger partial charge in [0.25, 0.3) is 0 Å². The van der Waals surface area contributed by atoms with Crippen LogP contribution in [0.4, 0.5) is 0 Å². The number of rotatable bonds is 0. The van der Waals surface area contributed by atoms with E-state index in [1.807, 2.05) is 0 Å². The Morgan fingerprint density at radius 3 is 0.700 bits per heavy atom. The van der Waals surface area contributed by atoms with E-state index in [9.17, 15) is 0 Å². The fourth-order valence-electron chi connectivity index (χ4n) is 0. The zero-order valence-electron chi connectivity index (χ0n) is 4.64. The summed E-state index contributed by atoms with van der Waals surface area (Å²) in [5.74, 6) is 0. The van der Waals surface area contributed by atoms with E-state index in [-0.39, 0.29) is 27.3 Å². The van der Waals surface area contributed by atoms with Crippen molar-refractivity contribution in [1.29, 1.82) is 0 Å². The van der Waals surface area contributed by atoms with Crippen LogP contribution >= 0.6 is 0 Å². The number of hydrogen-bond donors (Lipinski definition) is 3. The number of aliphatic hydroxyl groups excluding tert-OH is 3. The zero-order valence-corrected chi connectivity index (χ0v) is 9.13. The van der Waals surface area contributed by atoms with Crippen LogP contribution in [0, 0.1) is 0 Å². The van der Waals surface area contributed by atoms with E-state index in [1.54, 1.807) is 0 Å². The Bertz CT molecular complexity index is 49.7. The molecule has 54 valence electrons.